The summed E-state index contributed by atoms with van der Waals surface area (Å²) in [6, 6.07) is 19.4. The van der Waals surface area contributed by atoms with Gasteiger partial charge in [0.2, 0.25) is 5.91 Å². The number of ketones is 1. The molecule has 1 saturated heterocycles. The van der Waals surface area contributed by atoms with Gasteiger partial charge in [0.05, 0.1) is 0 Å². The van der Waals surface area contributed by atoms with Crippen LogP contribution in [0.4, 0.5) is 0 Å². The number of hydrogen-bond acceptors (Lipinski definition) is 3. The van der Waals surface area contributed by atoms with Gasteiger partial charge < -0.3 is 4.90 Å². The number of carbonyl (C=O) groups excluding carboxylic acids is 2. The maximum Gasteiger partial charge on any atom is 0.223 e. The summed E-state index contributed by atoms with van der Waals surface area (Å²) in [7, 11) is 0. The van der Waals surface area contributed by atoms with Crippen LogP contribution in [0.25, 0.3) is 6.08 Å². The molecular formula is C23H26N2O2. The number of amides is 1. The van der Waals surface area contributed by atoms with Gasteiger partial charge in [0.25, 0.3) is 0 Å². The second-order valence-electron chi connectivity index (χ2n) is 6.78. The number of carbonyl (C=O) groups is 2. The minimum absolute atomic E-state index is 0.0358. The SMILES string of the molecule is O=C(CCC(=O)N1CCN(CC=Cc2ccccc2)CC1)c1ccccc1. The van der Waals surface area contributed by atoms with Crippen molar-refractivity contribution >= 4 is 17.8 Å². The van der Waals surface area contributed by atoms with Crippen LogP contribution in [0.15, 0.2) is 66.7 Å². The molecule has 0 aliphatic carbocycles. The van der Waals surface area contributed by atoms with Crippen LogP contribution in [0.5, 0.6) is 0 Å². The van der Waals surface area contributed by atoms with Crippen LogP contribution in [0.3, 0.4) is 0 Å². The van der Waals surface area contributed by atoms with Crippen LogP contribution < -0.4 is 0 Å². The van der Waals surface area contributed by atoms with Crippen molar-refractivity contribution in [2.24, 2.45) is 0 Å². The molecule has 0 aromatic heterocycles. The van der Waals surface area contributed by atoms with E-state index < -0.39 is 0 Å². The van der Waals surface area contributed by atoms with Crippen molar-refractivity contribution in [2.75, 3.05) is 32.7 Å². The van der Waals surface area contributed by atoms with Gasteiger partial charge in [-0.05, 0) is 5.56 Å². The van der Waals surface area contributed by atoms with E-state index in [0.29, 0.717) is 12.0 Å². The minimum atomic E-state index is 0.0358. The Bertz CT molecular complexity index is 763. The summed E-state index contributed by atoms with van der Waals surface area (Å²) in [4.78, 5) is 28.7. The molecule has 0 unspecified atom stereocenters. The Morgan fingerprint density at radius 2 is 1.44 bits per heavy atom. The minimum Gasteiger partial charge on any atom is -0.340 e. The lowest BCUT2D eigenvalue weighted by Crippen LogP contribution is -2.48. The molecule has 2 aromatic carbocycles. The van der Waals surface area contributed by atoms with E-state index in [0.717, 1.165) is 32.7 Å². The van der Waals surface area contributed by atoms with Gasteiger partial charge in [-0.1, -0.05) is 72.8 Å². The fourth-order valence-corrected chi connectivity index (χ4v) is 3.23. The van der Waals surface area contributed by atoms with Gasteiger partial charge in [-0.2, -0.15) is 0 Å². The normalized spacial score (nSPS) is 15.2. The van der Waals surface area contributed by atoms with E-state index in [1.165, 1.54) is 5.56 Å². The quantitative estimate of drug-likeness (QED) is 0.708. The molecule has 0 spiro atoms. The van der Waals surface area contributed by atoms with Crippen molar-refractivity contribution < 1.29 is 9.59 Å². The Morgan fingerprint density at radius 3 is 2.11 bits per heavy atom. The van der Waals surface area contributed by atoms with Crippen molar-refractivity contribution in [1.82, 2.24) is 9.80 Å². The topological polar surface area (TPSA) is 40.6 Å². The highest BCUT2D eigenvalue weighted by atomic mass is 16.2. The number of hydrogen-bond donors (Lipinski definition) is 0. The van der Waals surface area contributed by atoms with E-state index in [4.69, 9.17) is 0 Å². The molecule has 3 rings (SSSR count). The second-order valence-corrected chi connectivity index (χ2v) is 6.78. The van der Waals surface area contributed by atoms with E-state index in [-0.39, 0.29) is 18.1 Å². The molecule has 0 N–H and O–H groups in total. The van der Waals surface area contributed by atoms with Crippen molar-refractivity contribution in [2.45, 2.75) is 12.8 Å². The predicted molar refractivity (Wildman–Crippen MR) is 109 cm³/mol. The molecule has 1 amide bonds. The van der Waals surface area contributed by atoms with Crippen LogP contribution in [-0.2, 0) is 4.79 Å². The summed E-state index contributed by atoms with van der Waals surface area (Å²) >= 11 is 0. The molecule has 4 heteroatoms. The highest BCUT2D eigenvalue weighted by molar-refractivity contribution is 5.97. The first kappa shape index (κ1) is 19.1. The third-order valence-electron chi connectivity index (χ3n) is 4.86. The van der Waals surface area contributed by atoms with Gasteiger partial charge in [0, 0.05) is 51.1 Å². The molecule has 4 nitrogen and oxygen atoms in total. The predicted octanol–water partition coefficient (Wildman–Crippen LogP) is 3.51. The maximum absolute atomic E-state index is 12.4. The van der Waals surface area contributed by atoms with Crippen LogP contribution in [0.2, 0.25) is 0 Å². The van der Waals surface area contributed by atoms with Gasteiger partial charge in [-0.25, -0.2) is 0 Å². The van der Waals surface area contributed by atoms with Crippen molar-refractivity contribution in [3.8, 4) is 0 Å². The molecule has 1 fully saturated rings. The summed E-state index contributed by atoms with van der Waals surface area (Å²) in [6.45, 7) is 4.10. The van der Waals surface area contributed by atoms with E-state index in [1.807, 2.05) is 41.3 Å². The monoisotopic (exact) mass is 362 g/mol. The van der Waals surface area contributed by atoms with Gasteiger partial charge in [-0.15, -0.1) is 0 Å². The van der Waals surface area contributed by atoms with Gasteiger partial charge >= 0.3 is 0 Å². The lowest BCUT2D eigenvalue weighted by Gasteiger charge is -2.34. The van der Waals surface area contributed by atoms with E-state index in [1.54, 1.807) is 12.1 Å². The highest BCUT2D eigenvalue weighted by Crippen LogP contribution is 2.09. The second kappa shape index (κ2) is 9.83. The molecular weight excluding hydrogens is 336 g/mol. The van der Waals surface area contributed by atoms with Crippen molar-refractivity contribution in [3.05, 3.63) is 77.9 Å². The van der Waals surface area contributed by atoms with Crippen LogP contribution >= 0.6 is 0 Å². The summed E-state index contributed by atoms with van der Waals surface area (Å²) in [6.07, 6.45) is 4.88. The molecule has 2 aromatic rings. The molecule has 0 radical (unpaired) electrons. The molecule has 0 atom stereocenters. The number of nitrogens with zero attached hydrogens (tertiary/aromatic N) is 2. The third-order valence-corrected chi connectivity index (χ3v) is 4.86. The lowest BCUT2D eigenvalue weighted by atomic mass is 10.1. The summed E-state index contributed by atoms with van der Waals surface area (Å²) < 4.78 is 0. The largest absolute Gasteiger partial charge is 0.340 e. The molecule has 140 valence electrons. The fraction of sp³-hybridized carbons (Fsp3) is 0.304. The molecule has 1 aliphatic rings. The Morgan fingerprint density at radius 1 is 0.815 bits per heavy atom. The van der Waals surface area contributed by atoms with Crippen molar-refractivity contribution in [3.63, 3.8) is 0 Å². The van der Waals surface area contributed by atoms with E-state index >= 15 is 0 Å². The van der Waals surface area contributed by atoms with Crippen LogP contribution in [0.1, 0.15) is 28.8 Å². The number of rotatable bonds is 7. The zero-order valence-corrected chi connectivity index (χ0v) is 15.6. The Hall–Kier alpha value is -2.72. The maximum atomic E-state index is 12.4. The first-order valence-electron chi connectivity index (χ1n) is 9.52. The Kier molecular flexibility index (Phi) is 6.94. The average molecular weight is 362 g/mol. The molecule has 1 aliphatic heterocycles. The van der Waals surface area contributed by atoms with Gasteiger partial charge in [-0.3, -0.25) is 14.5 Å². The third kappa shape index (κ3) is 5.90. The number of piperazine rings is 1. The Balaban J connectivity index is 1.37. The number of benzene rings is 2. The van der Waals surface area contributed by atoms with Crippen molar-refractivity contribution in [1.29, 1.82) is 0 Å². The highest BCUT2D eigenvalue weighted by Gasteiger charge is 2.21. The molecule has 0 bridgehead atoms. The zero-order chi connectivity index (χ0) is 18.9. The van der Waals surface area contributed by atoms with Gasteiger partial charge in [0.1, 0.15) is 0 Å². The first-order chi connectivity index (χ1) is 13.2. The smallest absolute Gasteiger partial charge is 0.223 e. The number of Topliss-reactive ketones (excluding diaryl/α,β-unsaturated/α-hetero) is 1. The van der Waals surface area contributed by atoms with Crippen LogP contribution in [0, 0.1) is 0 Å². The van der Waals surface area contributed by atoms with Crippen LogP contribution in [-0.4, -0.2) is 54.2 Å². The van der Waals surface area contributed by atoms with Gasteiger partial charge in [0.15, 0.2) is 5.78 Å². The molecule has 0 saturated carbocycles. The zero-order valence-electron chi connectivity index (χ0n) is 15.6. The molecule has 27 heavy (non-hydrogen) atoms. The summed E-state index contributed by atoms with van der Waals surface area (Å²) in [5, 5.41) is 0. The standard InChI is InChI=1S/C23H26N2O2/c26-22(21-11-5-2-6-12-21)13-14-23(27)25-18-16-24(17-19-25)15-7-10-20-8-3-1-4-9-20/h1-12H,13-19H2. The van der Waals surface area contributed by atoms with E-state index in [2.05, 4.69) is 29.2 Å². The Labute approximate surface area is 161 Å². The average Bonchev–Trinajstić information content (AvgIpc) is 2.73. The lowest BCUT2D eigenvalue weighted by molar-refractivity contribution is -0.132. The fourth-order valence-electron chi connectivity index (χ4n) is 3.23. The summed E-state index contributed by atoms with van der Waals surface area (Å²) in [5.74, 6) is 0.118. The summed E-state index contributed by atoms with van der Waals surface area (Å²) in [5.41, 5.74) is 1.88. The molecule has 1 heterocycles. The van der Waals surface area contributed by atoms with E-state index in [9.17, 15) is 9.59 Å². The first-order valence-corrected chi connectivity index (χ1v) is 9.52.